The lowest BCUT2D eigenvalue weighted by molar-refractivity contribution is -0.186. The van der Waals surface area contributed by atoms with Crippen LogP contribution in [0.5, 0.6) is 0 Å². The Labute approximate surface area is 135 Å². The van der Waals surface area contributed by atoms with Crippen molar-refractivity contribution in [3.8, 4) is 0 Å². The SMILES string of the molecule is CO[C@@]1(N)C(=O)N2C(C(=O)OC(C)(C)C)=C(C(F)(F)F)CS[C@H]21. The van der Waals surface area contributed by atoms with Gasteiger partial charge in [-0.25, -0.2) is 4.79 Å². The van der Waals surface area contributed by atoms with E-state index in [0.29, 0.717) is 4.90 Å². The van der Waals surface area contributed by atoms with Gasteiger partial charge in [0.25, 0.3) is 5.91 Å². The molecular formula is C13H17F3N2O4S. The predicted octanol–water partition coefficient (Wildman–Crippen LogP) is 1.36. The molecule has 23 heavy (non-hydrogen) atoms. The zero-order chi connectivity index (χ0) is 17.8. The van der Waals surface area contributed by atoms with Crippen molar-refractivity contribution in [1.82, 2.24) is 4.90 Å². The number of alkyl halides is 3. The number of β-lactam (4-membered cyclic amide) rings is 1. The van der Waals surface area contributed by atoms with Crippen LogP contribution in [0.1, 0.15) is 20.8 Å². The molecule has 0 aliphatic carbocycles. The van der Waals surface area contributed by atoms with Gasteiger partial charge in [-0.2, -0.15) is 13.2 Å². The Morgan fingerprint density at radius 1 is 1.39 bits per heavy atom. The van der Waals surface area contributed by atoms with Crippen LogP contribution >= 0.6 is 11.8 Å². The van der Waals surface area contributed by atoms with E-state index in [-0.39, 0.29) is 0 Å². The normalized spacial score (nSPS) is 28.4. The highest BCUT2D eigenvalue weighted by molar-refractivity contribution is 8.00. The number of hydrogen-bond donors (Lipinski definition) is 1. The van der Waals surface area contributed by atoms with Gasteiger partial charge in [0.1, 0.15) is 16.7 Å². The van der Waals surface area contributed by atoms with Crippen LogP contribution in [0.4, 0.5) is 13.2 Å². The van der Waals surface area contributed by atoms with Gasteiger partial charge in [-0.15, -0.1) is 11.8 Å². The van der Waals surface area contributed by atoms with Gasteiger partial charge < -0.3 is 9.47 Å². The summed E-state index contributed by atoms with van der Waals surface area (Å²) in [6.45, 7) is 4.57. The minimum absolute atomic E-state index is 0.519. The Morgan fingerprint density at radius 3 is 2.39 bits per heavy atom. The lowest BCUT2D eigenvalue weighted by Crippen LogP contribution is -2.79. The summed E-state index contributed by atoms with van der Waals surface area (Å²) < 4.78 is 49.6. The second-order valence-electron chi connectivity index (χ2n) is 6.16. The van der Waals surface area contributed by atoms with Crippen LogP contribution in [0, 0.1) is 0 Å². The van der Waals surface area contributed by atoms with E-state index >= 15 is 0 Å². The Morgan fingerprint density at radius 2 is 1.96 bits per heavy atom. The smallest absolute Gasteiger partial charge is 0.415 e. The lowest BCUT2D eigenvalue weighted by atomic mass is 9.99. The molecule has 2 heterocycles. The number of hydrogen-bond acceptors (Lipinski definition) is 6. The number of carbonyl (C=O) groups is 2. The largest absolute Gasteiger partial charge is 0.455 e. The Bertz CT molecular complexity index is 585. The van der Waals surface area contributed by atoms with Gasteiger partial charge in [0.05, 0.1) is 5.57 Å². The van der Waals surface area contributed by atoms with Crippen molar-refractivity contribution in [3.63, 3.8) is 0 Å². The molecule has 0 radical (unpaired) electrons. The molecule has 0 aromatic carbocycles. The van der Waals surface area contributed by atoms with E-state index in [4.69, 9.17) is 15.2 Å². The minimum atomic E-state index is -4.76. The summed E-state index contributed by atoms with van der Waals surface area (Å²) in [6.07, 6.45) is -4.76. The highest BCUT2D eigenvalue weighted by atomic mass is 32.2. The van der Waals surface area contributed by atoms with Crippen molar-refractivity contribution >= 4 is 23.6 Å². The number of amides is 1. The molecule has 2 atom stereocenters. The molecule has 1 fully saturated rings. The number of fused-ring (bicyclic) bond motifs is 1. The molecule has 0 saturated carbocycles. The third kappa shape index (κ3) is 2.94. The Hall–Kier alpha value is -1.26. The number of thioether (sulfide) groups is 1. The monoisotopic (exact) mass is 354 g/mol. The summed E-state index contributed by atoms with van der Waals surface area (Å²) in [5.74, 6) is -2.63. The number of nitrogens with two attached hydrogens (primary N) is 1. The number of halogens is 3. The summed E-state index contributed by atoms with van der Waals surface area (Å²) in [5.41, 5.74) is 1.09. The molecule has 10 heteroatoms. The molecule has 1 saturated heterocycles. The van der Waals surface area contributed by atoms with Crippen LogP contribution in [0.25, 0.3) is 0 Å². The topological polar surface area (TPSA) is 81.9 Å². The molecular weight excluding hydrogens is 337 g/mol. The minimum Gasteiger partial charge on any atom is -0.455 e. The summed E-state index contributed by atoms with van der Waals surface area (Å²) in [6, 6.07) is 0. The van der Waals surface area contributed by atoms with Crippen molar-refractivity contribution in [1.29, 1.82) is 0 Å². The number of methoxy groups -OCH3 is 1. The third-order valence-corrected chi connectivity index (χ3v) is 4.67. The lowest BCUT2D eigenvalue weighted by Gasteiger charge is -2.54. The van der Waals surface area contributed by atoms with Gasteiger partial charge in [-0.05, 0) is 20.8 Å². The molecule has 2 aliphatic rings. The summed E-state index contributed by atoms with van der Waals surface area (Å²) >= 11 is 0.792. The van der Waals surface area contributed by atoms with E-state index in [1.807, 2.05) is 0 Å². The molecule has 0 spiro atoms. The number of nitrogens with zero attached hydrogens (tertiary/aromatic N) is 1. The Balaban J connectivity index is 2.48. The van der Waals surface area contributed by atoms with E-state index in [0.717, 1.165) is 11.8 Å². The van der Waals surface area contributed by atoms with Gasteiger partial charge in [0.2, 0.25) is 5.72 Å². The average Bonchev–Trinajstić information content (AvgIpc) is 2.41. The van der Waals surface area contributed by atoms with E-state index in [1.54, 1.807) is 0 Å². The maximum absolute atomic E-state index is 13.2. The van der Waals surface area contributed by atoms with Gasteiger partial charge in [0.15, 0.2) is 0 Å². The van der Waals surface area contributed by atoms with Gasteiger partial charge in [-0.3, -0.25) is 15.4 Å². The Kier molecular flexibility index (Phi) is 4.23. The number of esters is 1. The average molecular weight is 354 g/mol. The fourth-order valence-electron chi connectivity index (χ4n) is 2.27. The highest BCUT2D eigenvalue weighted by Gasteiger charge is 2.65. The predicted molar refractivity (Wildman–Crippen MR) is 75.9 cm³/mol. The highest BCUT2D eigenvalue weighted by Crippen LogP contribution is 2.48. The molecule has 2 N–H and O–H groups in total. The zero-order valence-corrected chi connectivity index (χ0v) is 13.8. The van der Waals surface area contributed by atoms with Gasteiger partial charge in [-0.1, -0.05) is 0 Å². The van der Waals surface area contributed by atoms with Gasteiger partial charge in [0, 0.05) is 12.9 Å². The van der Waals surface area contributed by atoms with Crippen molar-refractivity contribution in [2.45, 2.75) is 43.6 Å². The van der Waals surface area contributed by atoms with Crippen LogP contribution in [0.2, 0.25) is 0 Å². The quantitative estimate of drug-likeness (QED) is 0.458. The van der Waals surface area contributed by atoms with Gasteiger partial charge >= 0.3 is 12.1 Å². The van der Waals surface area contributed by atoms with E-state index in [9.17, 15) is 22.8 Å². The van der Waals surface area contributed by atoms with Crippen LogP contribution in [0.15, 0.2) is 11.3 Å². The number of ether oxygens (including phenoxy) is 2. The second kappa shape index (κ2) is 5.38. The molecule has 130 valence electrons. The van der Waals surface area contributed by atoms with Crippen molar-refractivity contribution in [2.24, 2.45) is 5.73 Å². The van der Waals surface area contributed by atoms with E-state index in [2.05, 4.69) is 0 Å². The maximum atomic E-state index is 13.2. The van der Waals surface area contributed by atoms with Crippen molar-refractivity contribution in [2.75, 3.05) is 12.9 Å². The fraction of sp³-hybridized carbons (Fsp3) is 0.692. The maximum Gasteiger partial charge on any atom is 0.415 e. The first-order valence-electron chi connectivity index (χ1n) is 6.66. The van der Waals surface area contributed by atoms with E-state index in [1.165, 1.54) is 27.9 Å². The molecule has 1 amide bonds. The summed E-state index contributed by atoms with van der Waals surface area (Å²) in [5, 5.41) is -0.909. The number of rotatable bonds is 2. The fourth-order valence-corrected chi connectivity index (χ4v) is 3.69. The molecule has 0 aromatic heterocycles. The van der Waals surface area contributed by atoms with Crippen LogP contribution in [-0.2, 0) is 19.1 Å². The molecule has 2 aliphatic heterocycles. The van der Waals surface area contributed by atoms with E-state index < -0.39 is 51.8 Å². The first-order chi connectivity index (χ1) is 10.3. The molecule has 2 rings (SSSR count). The van der Waals surface area contributed by atoms with Crippen LogP contribution in [0.3, 0.4) is 0 Å². The van der Waals surface area contributed by atoms with Crippen molar-refractivity contribution < 1.29 is 32.2 Å². The summed E-state index contributed by atoms with van der Waals surface area (Å²) in [7, 11) is 1.19. The van der Waals surface area contributed by atoms with Crippen LogP contribution in [-0.4, -0.2) is 52.5 Å². The molecule has 0 unspecified atom stereocenters. The first kappa shape index (κ1) is 18.1. The molecule has 0 bridgehead atoms. The second-order valence-corrected chi connectivity index (χ2v) is 7.23. The number of carbonyl (C=O) groups excluding carboxylic acids is 2. The summed E-state index contributed by atoms with van der Waals surface area (Å²) in [4.78, 5) is 25.1. The third-order valence-electron chi connectivity index (χ3n) is 3.34. The van der Waals surface area contributed by atoms with Crippen molar-refractivity contribution in [3.05, 3.63) is 11.3 Å². The van der Waals surface area contributed by atoms with Crippen LogP contribution < -0.4 is 5.73 Å². The molecule has 0 aromatic rings. The standard InChI is InChI=1S/C13H17F3N2O4S/c1-11(2,3)22-8(19)7-6(13(14,15)16)5-23-10-12(17,21-4)9(20)18(7)10/h10H,5,17H2,1-4H3/t10-,12-/m0/s1. The first-order valence-corrected chi connectivity index (χ1v) is 7.71. The zero-order valence-electron chi connectivity index (χ0n) is 13.0. The molecule has 6 nitrogen and oxygen atoms in total.